The molecule has 6 heteroatoms. The number of rotatable bonds is 2. The first kappa shape index (κ1) is 11.5. The molecule has 17 heavy (non-hydrogen) atoms. The predicted molar refractivity (Wildman–Crippen MR) is 68.5 cm³/mol. The second-order valence-electron chi connectivity index (χ2n) is 3.28. The maximum atomic E-state index is 11.9. The number of nitrogens with one attached hydrogen (secondary N) is 1. The Labute approximate surface area is 106 Å². The van der Waals surface area contributed by atoms with Gasteiger partial charge in [0.2, 0.25) is 0 Å². The molecule has 0 atom stereocenters. The van der Waals surface area contributed by atoms with E-state index < -0.39 is 0 Å². The van der Waals surface area contributed by atoms with E-state index in [1.165, 1.54) is 6.20 Å². The third-order valence-electron chi connectivity index (χ3n) is 2.05. The molecule has 1 amide bonds. The summed E-state index contributed by atoms with van der Waals surface area (Å²) in [6, 6.07) is 5.10. The summed E-state index contributed by atoms with van der Waals surface area (Å²) in [5.74, 6) is -0.126. The van der Waals surface area contributed by atoms with Crippen LogP contribution in [0.1, 0.15) is 10.4 Å². The number of halogens is 1. The Kier molecular flexibility index (Phi) is 3.34. The molecule has 0 aliphatic carbocycles. The van der Waals surface area contributed by atoms with Gasteiger partial charge in [0.1, 0.15) is 5.82 Å². The average molecular weight is 293 g/mol. The van der Waals surface area contributed by atoms with Gasteiger partial charge >= 0.3 is 0 Å². The van der Waals surface area contributed by atoms with E-state index in [1.807, 2.05) is 0 Å². The minimum Gasteiger partial charge on any atom is -0.383 e. The summed E-state index contributed by atoms with van der Waals surface area (Å²) in [6.45, 7) is 0. The van der Waals surface area contributed by atoms with Crippen molar-refractivity contribution in [3.63, 3.8) is 0 Å². The Hall–Kier alpha value is -1.95. The number of nitrogens with zero attached hydrogens (tertiary/aromatic N) is 2. The van der Waals surface area contributed by atoms with Crippen LogP contribution >= 0.6 is 15.9 Å². The van der Waals surface area contributed by atoms with E-state index >= 15 is 0 Å². The van der Waals surface area contributed by atoms with Gasteiger partial charge in [-0.05, 0) is 34.1 Å². The lowest BCUT2D eigenvalue weighted by atomic mass is 10.2. The topological polar surface area (TPSA) is 80.9 Å². The fourth-order valence-corrected chi connectivity index (χ4v) is 1.60. The van der Waals surface area contributed by atoms with Crippen LogP contribution in [0.4, 0.5) is 11.5 Å². The van der Waals surface area contributed by atoms with Gasteiger partial charge in [-0.3, -0.25) is 9.78 Å². The Morgan fingerprint density at radius 2 is 2.24 bits per heavy atom. The highest BCUT2D eigenvalue weighted by molar-refractivity contribution is 9.10. The number of anilines is 2. The summed E-state index contributed by atoms with van der Waals surface area (Å²) in [7, 11) is 0. The average Bonchev–Trinajstić information content (AvgIpc) is 2.33. The number of pyridine rings is 2. The number of nitrogen functional groups attached to an aromatic ring is 1. The van der Waals surface area contributed by atoms with E-state index in [0.717, 1.165) is 0 Å². The van der Waals surface area contributed by atoms with Crippen molar-refractivity contribution >= 4 is 33.3 Å². The number of carbonyl (C=O) groups excluding carboxylic acids is 1. The number of hydrogen-bond acceptors (Lipinski definition) is 4. The largest absolute Gasteiger partial charge is 0.383 e. The van der Waals surface area contributed by atoms with Crippen LogP contribution in [0.5, 0.6) is 0 Å². The first-order valence-corrected chi connectivity index (χ1v) is 5.58. The fraction of sp³-hybridized carbons (Fsp3) is 0. The van der Waals surface area contributed by atoms with Crippen molar-refractivity contribution in [2.45, 2.75) is 0 Å². The van der Waals surface area contributed by atoms with Gasteiger partial charge in [-0.1, -0.05) is 0 Å². The van der Waals surface area contributed by atoms with Crippen LogP contribution in [0, 0.1) is 0 Å². The normalized spacial score (nSPS) is 9.94. The molecule has 3 N–H and O–H groups in total. The van der Waals surface area contributed by atoms with Gasteiger partial charge in [-0.15, -0.1) is 0 Å². The minimum absolute atomic E-state index is 0.189. The second kappa shape index (κ2) is 4.92. The SMILES string of the molecule is Nc1ncc(Br)cc1C(=O)Nc1cccnc1. The third-order valence-corrected chi connectivity index (χ3v) is 2.48. The zero-order valence-corrected chi connectivity index (χ0v) is 10.3. The molecule has 0 aromatic carbocycles. The number of nitrogens with two attached hydrogens (primary N) is 1. The summed E-state index contributed by atoms with van der Waals surface area (Å²) in [5, 5.41) is 2.68. The van der Waals surface area contributed by atoms with Crippen LogP contribution in [0.2, 0.25) is 0 Å². The van der Waals surface area contributed by atoms with Gasteiger partial charge in [0.25, 0.3) is 5.91 Å². The van der Waals surface area contributed by atoms with Crippen LogP contribution in [0.3, 0.4) is 0 Å². The summed E-state index contributed by atoms with van der Waals surface area (Å²) >= 11 is 3.24. The van der Waals surface area contributed by atoms with Gasteiger partial charge in [-0.25, -0.2) is 4.98 Å². The molecule has 0 aliphatic heterocycles. The van der Waals surface area contributed by atoms with Gasteiger partial charge in [-0.2, -0.15) is 0 Å². The zero-order chi connectivity index (χ0) is 12.3. The molecular weight excluding hydrogens is 284 g/mol. The van der Waals surface area contributed by atoms with Crippen LogP contribution in [0.15, 0.2) is 41.3 Å². The summed E-state index contributed by atoms with van der Waals surface area (Å²) in [6.07, 6.45) is 4.72. The first-order chi connectivity index (χ1) is 8.16. The molecule has 2 aromatic rings. The second-order valence-corrected chi connectivity index (χ2v) is 4.20. The van der Waals surface area contributed by atoms with Gasteiger partial charge in [0.05, 0.1) is 17.4 Å². The fourth-order valence-electron chi connectivity index (χ4n) is 1.27. The minimum atomic E-state index is -0.315. The Bertz CT molecular complexity index is 544. The highest BCUT2D eigenvalue weighted by atomic mass is 79.9. The molecule has 0 aliphatic rings. The van der Waals surface area contributed by atoms with Crippen LogP contribution in [-0.4, -0.2) is 15.9 Å². The van der Waals surface area contributed by atoms with E-state index in [4.69, 9.17) is 5.73 Å². The quantitative estimate of drug-likeness (QED) is 0.888. The van der Waals surface area contributed by atoms with Crippen molar-refractivity contribution in [1.29, 1.82) is 0 Å². The lowest BCUT2D eigenvalue weighted by Gasteiger charge is -2.06. The standard InChI is InChI=1S/C11H9BrN4O/c12-7-4-9(10(13)15-5-7)11(17)16-8-2-1-3-14-6-8/h1-6H,(H2,13,15)(H,16,17). The van der Waals surface area contributed by atoms with Crippen LogP contribution < -0.4 is 11.1 Å². The van der Waals surface area contributed by atoms with E-state index in [0.29, 0.717) is 15.7 Å². The lowest BCUT2D eigenvalue weighted by Crippen LogP contribution is -2.14. The lowest BCUT2D eigenvalue weighted by molar-refractivity contribution is 0.102. The number of aromatic nitrogens is 2. The first-order valence-electron chi connectivity index (χ1n) is 4.79. The van der Waals surface area contributed by atoms with Crippen LogP contribution in [0.25, 0.3) is 0 Å². The monoisotopic (exact) mass is 292 g/mol. The molecule has 0 saturated carbocycles. The molecule has 0 radical (unpaired) electrons. The highest BCUT2D eigenvalue weighted by Gasteiger charge is 2.11. The molecule has 2 rings (SSSR count). The summed E-state index contributed by atoms with van der Waals surface area (Å²) < 4.78 is 0.697. The number of carbonyl (C=O) groups is 1. The Morgan fingerprint density at radius 3 is 2.94 bits per heavy atom. The molecule has 0 bridgehead atoms. The molecule has 0 spiro atoms. The van der Waals surface area contributed by atoms with Crippen molar-refractivity contribution in [1.82, 2.24) is 9.97 Å². The number of hydrogen-bond donors (Lipinski definition) is 2. The van der Waals surface area contributed by atoms with Crippen molar-refractivity contribution in [3.8, 4) is 0 Å². The molecule has 0 unspecified atom stereocenters. The van der Waals surface area contributed by atoms with E-state index in [-0.39, 0.29) is 11.7 Å². The van der Waals surface area contributed by atoms with E-state index in [1.54, 1.807) is 30.6 Å². The van der Waals surface area contributed by atoms with Crippen molar-refractivity contribution in [2.24, 2.45) is 0 Å². The van der Waals surface area contributed by atoms with E-state index in [9.17, 15) is 4.79 Å². The molecule has 2 aromatic heterocycles. The van der Waals surface area contributed by atoms with Gasteiger partial charge in [0, 0.05) is 16.9 Å². The predicted octanol–water partition coefficient (Wildman–Crippen LogP) is 2.07. The summed E-state index contributed by atoms with van der Waals surface area (Å²) in [4.78, 5) is 19.7. The molecule has 0 saturated heterocycles. The van der Waals surface area contributed by atoms with Crippen molar-refractivity contribution in [2.75, 3.05) is 11.1 Å². The van der Waals surface area contributed by atoms with Gasteiger partial charge < -0.3 is 11.1 Å². The molecular formula is C11H9BrN4O. The van der Waals surface area contributed by atoms with Crippen molar-refractivity contribution < 1.29 is 4.79 Å². The smallest absolute Gasteiger partial charge is 0.259 e. The van der Waals surface area contributed by atoms with Crippen molar-refractivity contribution in [3.05, 3.63) is 46.8 Å². The Balaban J connectivity index is 2.23. The third kappa shape index (κ3) is 2.79. The zero-order valence-electron chi connectivity index (χ0n) is 8.72. The van der Waals surface area contributed by atoms with Crippen LogP contribution in [-0.2, 0) is 0 Å². The van der Waals surface area contributed by atoms with E-state index in [2.05, 4.69) is 31.2 Å². The maximum absolute atomic E-state index is 11.9. The molecule has 86 valence electrons. The number of amides is 1. The molecule has 2 heterocycles. The Morgan fingerprint density at radius 1 is 1.41 bits per heavy atom. The molecule has 5 nitrogen and oxygen atoms in total. The molecule has 0 fully saturated rings. The van der Waals surface area contributed by atoms with Gasteiger partial charge in [0.15, 0.2) is 0 Å². The highest BCUT2D eigenvalue weighted by Crippen LogP contribution is 2.17. The summed E-state index contributed by atoms with van der Waals surface area (Å²) in [5.41, 5.74) is 6.57. The maximum Gasteiger partial charge on any atom is 0.259 e.